The van der Waals surface area contributed by atoms with E-state index in [4.69, 9.17) is 5.11 Å². The number of nitrogens with one attached hydrogen (secondary N) is 1. The molecule has 0 aliphatic heterocycles. The molecule has 14 heavy (non-hydrogen) atoms. The van der Waals surface area contributed by atoms with Gasteiger partial charge in [0.1, 0.15) is 0 Å². The van der Waals surface area contributed by atoms with Crippen LogP contribution in [0.3, 0.4) is 0 Å². The van der Waals surface area contributed by atoms with Gasteiger partial charge in [-0.25, -0.2) is 4.79 Å². The number of aromatic carboxylic acids is 1. The Morgan fingerprint density at radius 1 is 1.57 bits per heavy atom. The molecule has 2 N–H and O–H groups in total. The summed E-state index contributed by atoms with van der Waals surface area (Å²) in [5.41, 5.74) is 1.97. The van der Waals surface area contributed by atoms with Crippen molar-refractivity contribution < 1.29 is 9.90 Å². The average Bonchev–Trinajstić information content (AvgIpc) is 2.46. The van der Waals surface area contributed by atoms with E-state index in [1.165, 1.54) is 0 Å². The summed E-state index contributed by atoms with van der Waals surface area (Å²) in [6.45, 7) is 6.14. The Labute approximate surface area is 83.3 Å². The first-order valence-electron chi connectivity index (χ1n) is 4.85. The lowest BCUT2D eigenvalue weighted by Crippen LogP contribution is -2.03. The quantitative estimate of drug-likeness (QED) is 0.772. The van der Waals surface area contributed by atoms with Crippen molar-refractivity contribution in [2.45, 2.75) is 33.6 Å². The van der Waals surface area contributed by atoms with Gasteiger partial charge < -0.3 is 5.11 Å². The van der Waals surface area contributed by atoms with Crippen molar-refractivity contribution in [1.82, 2.24) is 10.2 Å². The van der Waals surface area contributed by atoms with Crippen LogP contribution in [0.4, 0.5) is 0 Å². The molecule has 0 aliphatic carbocycles. The van der Waals surface area contributed by atoms with Gasteiger partial charge in [0.2, 0.25) is 0 Å². The van der Waals surface area contributed by atoms with E-state index in [0.29, 0.717) is 12.3 Å². The summed E-state index contributed by atoms with van der Waals surface area (Å²) in [7, 11) is 0. The average molecular weight is 196 g/mol. The monoisotopic (exact) mass is 196 g/mol. The summed E-state index contributed by atoms with van der Waals surface area (Å²) >= 11 is 0. The largest absolute Gasteiger partial charge is 0.476 e. The number of hydrogen-bond acceptors (Lipinski definition) is 2. The number of carboxylic acid groups (broad SMARTS) is 1. The van der Waals surface area contributed by atoms with Crippen LogP contribution in [0.15, 0.2) is 0 Å². The Hall–Kier alpha value is -1.32. The number of hydrogen-bond donors (Lipinski definition) is 2. The molecule has 78 valence electrons. The Bertz CT molecular complexity index is 329. The van der Waals surface area contributed by atoms with E-state index in [2.05, 4.69) is 24.0 Å². The molecule has 0 amide bonds. The smallest absolute Gasteiger partial charge is 0.356 e. The summed E-state index contributed by atoms with van der Waals surface area (Å²) in [5, 5.41) is 15.5. The minimum atomic E-state index is -0.951. The lowest BCUT2D eigenvalue weighted by Gasteiger charge is -2.04. The highest BCUT2D eigenvalue weighted by Gasteiger charge is 2.17. The Morgan fingerprint density at radius 3 is 2.64 bits per heavy atom. The van der Waals surface area contributed by atoms with Gasteiger partial charge in [0.15, 0.2) is 5.69 Å². The Balaban J connectivity index is 3.01. The number of aromatic nitrogens is 2. The molecule has 0 saturated heterocycles. The number of H-pyrrole nitrogens is 1. The molecule has 0 spiro atoms. The summed E-state index contributed by atoms with van der Waals surface area (Å²) in [6.07, 6.45) is 1.56. The maximum atomic E-state index is 10.8. The Kier molecular flexibility index (Phi) is 3.28. The third kappa shape index (κ3) is 2.13. The fourth-order valence-electron chi connectivity index (χ4n) is 1.54. The zero-order valence-corrected chi connectivity index (χ0v) is 8.79. The summed E-state index contributed by atoms with van der Waals surface area (Å²) < 4.78 is 0. The summed E-state index contributed by atoms with van der Waals surface area (Å²) in [6, 6.07) is 0. The van der Waals surface area contributed by atoms with E-state index in [1.807, 2.05) is 6.92 Å². The Morgan fingerprint density at radius 2 is 2.21 bits per heavy atom. The molecule has 0 aromatic carbocycles. The fraction of sp³-hybridized carbons (Fsp3) is 0.600. The molecule has 1 aromatic heterocycles. The van der Waals surface area contributed by atoms with Crippen molar-refractivity contribution in [3.8, 4) is 0 Å². The molecule has 0 unspecified atom stereocenters. The number of rotatable bonds is 4. The molecule has 4 heteroatoms. The molecule has 1 rings (SSSR count). The first kappa shape index (κ1) is 10.8. The van der Waals surface area contributed by atoms with Crippen LogP contribution in [0.25, 0.3) is 0 Å². The van der Waals surface area contributed by atoms with Gasteiger partial charge in [-0.05, 0) is 18.8 Å². The van der Waals surface area contributed by atoms with Crippen LogP contribution in [0.2, 0.25) is 0 Å². The first-order valence-corrected chi connectivity index (χ1v) is 4.85. The van der Waals surface area contributed by atoms with Crippen molar-refractivity contribution >= 4 is 5.97 Å². The van der Waals surface area contributed by atoms with E-state index in [-0.39, 0.29) is 5.69 Å². The zero-order chi connectivity index (χ0) is 10.7. The highest BCUT2D eigenvalue weighted by Crippen LogP contribution is 2.15. The molecule has 0 atom stereocenters. The lowest BCUT2D eigenvalue weighted by atomic mass is 10.0. The standard InChI is InChI=1S/C10H16N2O2/c1-4-7-8(5-6(2)3)11-12-9(7)10(13)14/h6H,4-5H2,1-3H3,(H,11,12)(H,13,14). The van der Waals surface area contributed by atoms with Crippen LogP contribution >= 0.6 is 0 Å². The molecule has 0 bridgehead atoms. The maximum Gasteiger partial charge on any atom is 0.356 e. The fourth-order valence-corrected chi connectivity index (χ4v) is 1.54. The van der Waals surface area contributed by atoms with Gasteiger partial charge in [-0.3, -0.25) is 5.10 Å². The second kappa shape index (κ2) is 4.26. The lowest BCUT2D eigenvalue weighted by molar-refractivity contribution is 0.0689. The van der Waals surface area contributed by atoms with Gasteiger partial charge >= 0.3 is 5.97 Å². The highest BCUT2D eigenvalue weighted by molar-refractivity contribution is 5.87. The van der Waals surface area contributed by atoms with Gasteiger partial charge in [0, 0.05) is 11.3 Å². The topological polar surface area (TPSA) is 66.0 Å². The van der Waals surface area contributed by atoms with Crippen molar-refractivity contribution in [2.24, 2.45) is 5.92 Å². The number of aromatic amines is 1. The van der Waals surface area contributed by atoms with Crippen LogP contribution in [-0.2, 0) is 12.8 Å². The van der Waals surface area contributed by atoms with Crippen LogP contribution in [-0.4, -0.2) is 21.3 Å². The van der Waals surface area contributed by atoms with Crippen molar-refractivity contribution in [2.75, 3.05) is 0 Å². The molecule has 1 heterocycles. The summed E-state index contributed by atoms with van der Waals surface area (Å²) in [4.78, 5) is 10.8. The minimum absolute atomic E-state index is 0.170. The highest BCUT2D eigenvalue weighted by atomic mass is 16.4. The minimum Gasteiger partial charge on any atom is -0.476 e. The molecule has 0 saturated carbocycles. The molecule has 1 aromatic rings. The summed E-state index contributed by atoms with van der Waals surface area (Å²) in [5.74, 6) is -0.449. The second-order valence-corrected chi connectivity index (χ2v) is 3.79. The van der Waals surface area contributed by atoms with Crippen molar-refractivity contribution in [1.29, 1.82) is 0 Å². The van der Waals surface area contributed by atoms with Crippen LogP contribution in [0.1, 0.15) is 42.5 Å². The van der Waals surface area contributed by atoms with Crippen LogP contribution in [0.5, 0.6) is 0 Å². The number of carboxylic acids is 1. The van der Waals surface area contributed by atoms with Gasteiger partial charge in [0.25, 0.3) is 0 Å². The number of nitrogens with zero attached hydrogens (tertiary/aromatic N) is 1. The second-order valence-electron chi connectivity index (χ2n) is 3.79. The normalized spacial score (nSPS) is 10.9. The molecular formula is C10H16N2O2. The van der Waals surface area contributed by atoms with Gasteiger partial charge in [-0.15, -0.1) is 0 Å². The van der Waals surface area contributed by atoms with Crippen LogP contribution in [0, 0.1) is 5.92 Å². The van der Waals surface area contributed by atoms with E-state index < -0.39 is 5.97 Å². The molecule has 0 aliphatic rings. The predicted octanol–water partition coefficient (Wildman–Crippen LogP) is 1.87. The van der Waals surface area contributed by atoms with E-state index in [9.17, 15) is 4.79 Å². The third-order valence-corrected chi connectivity index (χ3v) is 2.12. The van der Waals surface area contributed by atoms with Crippen molar-refractivity contribution in [3.05, 3.63) is 17.0 Å². The third-order valence-electron chi connectivity index (χ3n) is 2.12. The van der Waals surface area contributed by atoms with Crippen LogP contribution < -0.4 is 0 Å². The number of carbonyl (C=O) groups is 1. The van der Waals surface area contributed by atoms with Crippen molar-refractivity contribution in [3.63, 3.8) is 0 Å². The zero-order valence-electron chi connectivity index (χ0n) is 8.79. The first-order chi connectivity index (χ1) is 6.56. The molecule has 4 nitrogen and oxygen atoms in total. The predicted molar refractivity (Wildman–Crippen MR) is 53.5 cm³/mol. The van der Waals surface area contributed by atoms with E-state index >= 15 is 0 Å². The molecular weight excluding hydrogens is 180 g/mol. The SMILES string of the molecule is CCc1c(C(=O)O)n[nH]c1CC(C)C. The van der Waals surface area contributed by atoms with Gasteiger partial charge in [0.05, 0.1) is 0 Å². The molecule has 0 radical (unpaired) electrons. The van der Waals surface area contributed by atoms with E-state index in [0.717, 1.165) is 17.7 Å². The van der Waals surface area contributed by atoms with Gasteiger partial charge in [-0.2, -0.15) is 5.10 Å². The maximum absolute atomic E-state index is 10.8. The van der Waals surface area contributed by atoms with E-state index in [1.54, 1.807) is 0 Å². The van der Waals surface area contributed by atoms with Gasteiger partial charge in [-0.1, -0.05) is 20.8 Å². The molecule has 0 fully saturated rings.